The Balaban J connectivity index is 2.41. The van der Waals surface area contributed by atoms with Crippen LogP contribution in [0.5, 0.6) is 11.5 Å². The Labute approximate surface area is 116 Å². The summed E-state index contributed by atoms with van der Waals surface area (Å²) >= 11 is 0. The molecule has 2 N–H and O–H groups in total. The number of hydrogen-bond donors (Lipinski definition) is 2. The third-order valence-electron chi connectivity index (χ3n) is 3.09. The molecule has 0 saturated heterocycles. The molecule has 0 unspecified atom stereocenters. The van der Waals surface area contributed by atoms with Gasteiger partial charge in [0.15, 0.2) is 0 Å². The molecule has 0 bridgehead atoms. The van der Waals surface area contributed by atoms with E-state index in [0.29, 0.717) is 11.1 Å². The van der Waals surface area contributed by atoms with E-state index in [0.717, 1.165) is 0 Å². The van der Waals surface area contributed by atoms with E-state index in [-0.39, 0.29) is 11.5 Å². The van der Waals surface area contributed by atoms with Gasteiger partial charge in [0.25, 0.3) is 0 Å². The van der Waals surface area contributed by atoms with Gasteiger partial charge in [0.1, 0.15) is 11.5 Å². The van der Waals surface area contributed by atoms with Crippen LogP contribution in [0.2, 0.25) is 0 Å². The normalized spacial score (nSPS) is 12.9. The number of hydrogen-bond acceptors (Lipinski definition) is 4. The van der Waals surface area contributed by atoms with Crippen molar-refractivity contribution in [2.45, 2.75) is 11.8 Å². The highest BCUT2D eigenvalue weighted by Gasteiger charge is 2.25. The van der Waals surface area contributed by atoms with Crippen LogP contribution in [0, 0.1) is 22.7 Å². The average Bonchev–Trinajstić information content (AvgIpc) is 2.46. The fourth-order valence-corrected chi connectivity index (χ4v) is 2.08. The molecule has 4 nitrogen and oxygen atoms in total. The zero-order valence-corrected chi connectivity index (χ0v) is 10.6. The molecule has 0 radical (unpaired) electrons. The molecular formula is C16H12N2O2. The van der Waals surface area contributed by atoms with Gasteiger partial charge in [-0.25, -0.2) is 0 Å². The molecule has 0 heterocycles. The van der Waals surface area contributed by atoms with Crippen LogP contribution < -0.4 is 0 Å². The number of benzene rings is 2. The van der Waals surface area contributed by atoms with E-state index < -0.39 is 11.8 Å². The Morgan fingerprint density at radius 3 is 1.90 bits per heavy atom. The predicted molar refractivity (Wildman–Crippen MR) is 72.9 cm³/mol. The number of rotatable bonds is 3. The molecule has 0 aromatic heterocycles. The quantitative estimate of drug-likeness (QED) is 0.891. The third kappa shape index (κ3) is 2.71. The van der Waals surface area contributed by atoms with E-state index >= 15 is 0 Å². The van der Waals surface area contributed by atoms with Crippen molar-refractivity contribution in [3.8, 4) is 23.6 Å². The number of nitriles is 2. The second-order valence-electron chi connectivity index (χ2n) is 4.40. The number of nitrogens with zero attached hydrogens (tertiary/aromatic N) is 2. The standard InChI is InChI=1S/C16H12N2O2/c17-9-15(11-4-6-13(19)7-5-11)16(10-18)12-2-1-3-14(20)8-12/h1-8,15-16,19-20H/t15-,16+/m1/s1. The van der Waals surface area contributed by atoms with Crippen LogP contribution in [0.15, 0.2) is 48.5 Å². The van der Waals surface area contributed by atoms with Crippen LogP contribution in [-0.2, 0) is 0 Å². The van der Waals surface area contributed by atoms with Crippen molar-refractivity contribution in [3.63, 3.8) is 0 Å². The Kier molecular flexibility index (Phi) is 3.88. The van der Waals surface area contributed by atoms with Crippen molar-refractivity contribution in [1.82, 2.24) is 0 Å². The van der Waals surface area contributed by atoms with E-state index in [1.807, 2.05) is 0 Å². The van der Waals surface area contributed by atoms with Crippen LogP contribution in [-0.4, -0.2) is 10.2 Å². The highest BCUT2D eigenvalue weighted by Crippen LogP contribution is 2.33. The van der Waals surface area contributed by atoms with Gasteiger partial charge >= 0.3 is 0 Å². The van der Waals surface area contributed by atoms with Gasteiger partial charge in [-0.3, -0.25) is 0 Å². The first-order valence-corrected chi connectivity index (χ1v) is 6.03. The van der Waals surface area contributed by atoms with Gasteiger partial charge in [0.2, 0.25) is 0 Å². The minimum Gasteiger partial charge on any atom is -0.508 e. The molecule has 4 heteroatoms. The average molecular weight is 264 g/mol. The van der Waals surface area contributed by atoms with Crippen LogP contribution in [0.1, 0.15) is 23.0 Å². The van der Waals surface area contributed by atoms with Crippen LogP contribution in [0.25, 0.3) is 0 Å². The van der Waals surface area contributed by atoms with Crippen LogP contribution >= 0.6 is 0 Å². The van der Waals surface area contributed by atoms with Gasteiger partial charge in [-0.05, 0) is 35.4 Å². The van der Waals surface area contributed by atoms with Gasteiger partial charge in [-0.2, -0.15) is 10.5 Å². The van der Waals surface area contributed by atoms with E-state index in [9.17, 15) is 20.7 Å². The Morgan fingerprint density at radius 2 is 1.35 bits per heavy atom. The minimum atomic E-state index is -0.684. The zero-order valence-electron chi connectivity index (χ0n) is 10.6. The third-order valence-corrected chi connectivity index (χ3v) is 3.09. The second kappa shape index (κ2) is 5.77. The number of aromatic hydroxyl groups is 2. The highest BCUT2D eigenvalue weighted by atomic mass is 16.3. The van der Waals surface area contributed by atoms with Crippen molar-refractivity contribution < 1.29 is 10.2 Å². The molecule has 0 amide bonds. The van der Waals surface area contributed by atoms with Crippen molar-refractivity contribution in [1.29, 1.82) is 10.5 Å². The SMILES string of the molecule is N#C[C@H](c1ccc(O)cc1)[C@@H](C#N)c1cccc(O)c1. The smallest absolute Gasteiger partial charge is 0.115 e. The summed E-state index contributed by atoms with van der Waals surface area (Å²) in [5.41, 5.74) is 1.24. The lowest BCUT2D eigenvalue weighted by Crippen LogP contribution is -2.08. The molecule has 0 saturated carbocycles. The van der Waals surface area contributed by atoms with E-state index in [4.69, 9.17) is 0 Å². The fraction of sp³-hybridized carbons (Fsp3) is 0.125. The minimum absolute atomic E-state index is 0.0603. The summed E-state index contributed by atoms with van der Waals surface area (Å²) in [5.74, 6) is -1.18. The van der Waals surface area contributed by atoms with Gasteiger partial charge in [-0.15, -0.1) is 0 Å². The van der Waals surface area contributed by atoms with Gasteiger partial charge in [0, 0.05) is 0 Å². The second-order valence-corrected chi connectivity index (χ2v) is 4.40. The molecule has 0 spiro atoms. The summed E-state index contributed by atoms with van der Waals surface area (Å²) < 4.78 is 0. The first kappa shape index (κ1) is 13.5. The monoisotopic (exact) mass is 264 g/mol. The lowest BCUT2D eigenvalue weighted by Gasteiger charge is -2.16. The largest absolute Gasteiger partial charge is 0.508 e. The maximum absolute atomic E-state index is 9.49. The molecule has 20 heavy (non-hydrogen) atoms. The maximum Gasteiger partial charge on any atom is 0.115 e. The molecule has 2 rings (SSSR count). The van der Waals surface area contributed by atoms with Crippen molar-refractivity contribution in [2.75, 3.05) is 0 Å². The Hall–Kier alpha value is -2.98. The molecule has 0 aliphatic rings. The van der Waals surface area contributed by atoms with Crippen molar-refractivity contribution in [3.05, 3.63) is 59.7 Å². The van der Waals surface area contributed by atoms with Crippen LogP contribution in [0.3, 0.4) is 0 Å². The molecular weight excluding hydrogens is 252 g/mol. The van der Waals surface area contributed by atoms with E-state index in [1.54, 1.807) is 24.3 Å². The summed E-state index contributed by atoms with van der Waals surface area (Å²) in [4.78, 5) is 0. The van der Waals surface area contributed by atoms with Gasteiger partial charge in [0.05, 0.1) is 24.0 Å². The summed E-state index contributed by atoms with van der Waals surface area (Å²) in [5, 5.41) is 37.5. The maximum atomic E-state index is 9.49. The predicted octanol–water partition coefficient (Wildman–Crippen LogP) is 3.01. The first-order chi connectivity index (χ1) is 9.65. The van der Waals surface area contributed by atoms with E-state index in [1.165, 1.54) is 24.3 Å². The van der Waals surface area contributed by atoms with Gasteiger partial charge < -0.3 is 10.2 Å². The Bertz CT molecular complexity index is 681. The van der Waals surface area contributed by atoms with Gasteiger partial charge in [-0.1, -0.05) is 24.3 Å². The molecule has 0 aliphatic heterocycles. The zero-order chi connectivity index (χ0) is 14.5. The van der Waals surface area contributed by atoms with Crippen molar-refractivity contribution >= 4 is 0 Å². The Morgan fingerprint density at radius 1 is 0.750 bits per heavy atom. The lowest BCUT2D eigenvalue weighted by atomic mass is 9.83. The van der Waals surface area contributed by atoms with Crippen LogP contribution in [0.4, 0.5) is 0 Å². The summed E-state index contributed by atoms with van der Waals surface area (Å²) in [6.07, 6.45) is 0. The number of phenols is 2. The molecule has 2 atom stereocenters. The fourth-order valence-electron chi connectivity index (χ4n) is 2.08. The summed E-state index contributed by atoms with van der Waals surface area (Å²) in [6.45, 7) is 0. The molecule has 2 aromatic carbocycles. The first-order valence-electron chi connectivity index (χ1n) is 6.03. The van der Waals surface area contributed by atoms with E-state index in [2.05, 4.69) is 12.1 Å². The molecule has 2 aromatic rings. The molecule has 0 fully saturated rings. The number of phenolic OH excluding ortho intramolecular Hbond substituents is 2. The topological polar surface area (TPSA) is 88.0 Å². The highest BCUT2D eigenvalue weighted by molar-refractivity contribution is 5.41. The molecule has 98 valence electrons. The van der Waals surface area contributed by atoms with Crippen molar-refractivity contribution in [2.24, 2.45) is 0 Å². The lowest BCUT2D eigenvalue weighted by molar-refractivity contribution is 0.474. The summed E-state index contributed by atoms with van der Waals surface area (Å²) in [6, 6.07) is 16.8. The molecule has 0 aliphatic carbocycles. The summed E-state index contributed by atoms with van der Waals surface area (Å²) in [7, 11) is 0.